The van der Waals surface area contributed by atoms with Gasteiger partial charge in [-0.1, -0.05) is 18.2 Å². The van der Waals surface area contributed by atoms with Gasteiger partial charge < -0.3 is 26.2 Å². The Labute approximate surface area is 129 Å². The Morgan fingerprint density at radius 3 is 2.00 bits per heavy atom. The van der Waals surface area contributed by atoms with Gasteiger partial charge in [0.15, 0.2) is 0 Å². The van der Waals surface area contributed by atoms with E-state index in [2.05, 4.69) is 4.98 Å². The molecule has 1 aromatic carbocycles. The summed E-state index contributed by atoms with van der Waals surface area (Å²) in [4.78, 5) is 4.03. The number of hydrogen-bond acceptors (Lipinski definition) is 6. The molecule has 6 N–H and O–H groups in total. The van der Waals surface area contributed by atoms with Crippen molar-refractivity contribution in [3.8, 4) is 5.75 Å². The molecule has 0 aliphatic carbocycles. The maximum atomic E-state index is 9.31. The number of aromatic hydroxyl groups is 1. The van der Waals surface area contributed by atoms with Gasteiger partial charge in [0.1, 0.15) is 11.3 Å². The van der Waals surface area contributed by atoms with Crippen molar-refractivity contribution in [1.82, 2.24) is 4.98 Å². The van der Waals surface area contributed by atoms with Gasteiger partial charge in [-0.25, -0.2) is 0 Å². The summed E-state index contributed by atoms with van der Waals surface area (Å²) in [6, 6.07) is 9.13. The molecule has 0 saturated heterocycles. The summed E-state index contributed by atoms with van der Waals surface area (Å²) in [5, 5.41) is 35.3. The van der Waals surface area contributed by atoms with Crippen LogP contribution in [0.2, 0.25) is 0 Å². The fourth-order valence-corrected chi connectivity index (χ4v) is 1.24. The minimum Gasteiger partial charge on any atom is -0.506 e. The van der Waals surface area contributed by atoms with E-state index in [4.69, 9.17) is 21.1 Å². The molecule has 20 heavy (non-hydrogen) atoms. The molecule has 0 aliphatic heterocycles. The monoisotopic (exact) mass is 335 g/mol. The van der Waals surface area contributed by atoms with Crippen LogP contribution in [0.5, 0.6) is 5.75 Å². The summed E-state index contributed by atoms with van der Waals surface area (Å²) in [6.07, 6.45) is 1.67. The Bertz CT molecular complexity index is 507. The van der Waals surface area contributed by atoms with Gasteiger partial charge in [0, 0.05) is 31.4 Å². The zero-order chi connectivity index (χ0) is 14.3. The quantitative estimate of drug-likeness (QED) is 0.469. The number of benzene rings is 1. The van der Waals surface area contributed by atoms with Crippen LogP contribution in [0, 0.1) is 0 Å². The summed E-state index contributed by atoms with van der Waals surface area (Å²) >= 11 is 0. The first-order valence-electron chi connectivity index (χ1n) is 5.70. The number of para-hydroxylation sites is 1. The molecule has 0 aliphatic rings. The average molecular weight is 336 g/mol. The summed E-state index contributed by atoms with van der Waals surface area (Å²) in [7, 11) is 0. The van der Waals surface area contributed by atoms with Crippen LogP contribution in [0.25, 0.3) is 10.9 Å². The summed E-state index contributed by atoms with van der Waals surface area (Å²) in [5.41, 5.74) is 4.60. The summed E-state index contributed by atoms with van der Waals surface area (Å²) in [5.74, 6) is 0.239. The van der Waals surface area contributed by atoms with Gasteiger partial charge in [-0.2, -0.15) is 0 Å². The number of aliphatic hydroxyl groups is 3. The SMILES string of the molecule is NC(CO)(CO)CO.Oc1cccc2cccnc12.[Ga]. The largest absolute Gasteiger partial charge is 0.506 e. The van der Waals surface area contributed by atoms with E-state index in [1.54, 1.807) is 18.3 Å². The Kier molecular flexibility index (Phi) is 8.47. The van der Waals surface area contributed by atoms with Crippen LogP contribution in [0.1, 0.15) is 0 Å². The van der Waals surface area contributed by atoms with E-state index >= 15 is 0 Å². The van der Waals surface area contributed by atoms with Crippen molar-refractivity contribution in [2.75, 3.05) is 19.8 Å². The molecule has 1 heterocycles. The number of nitrogens with zero attached hydrogens (tertiary/aromatic N) is 1. The normalized spacial score (nSPS) is 10.4. The first kappa shape index (κ1) is 18.9. The zero-order valence-electron chi connectivity index (χ0n) is 11.0. The van der Waals surface area contributed by atoms with Crippen LogP contribution in [0.15, 0.2) is 36.5 Å². The molecule has 0 spiro atoms. The molecule has 0 amide bonds. The second-order valence-electron chi connectivity index (χ2n) is 4.19. The molecule has 7 heteroatoms. The maximum absolute atomic E-state index is 9.31. The average Bonchev–Trinajstić information content (AvgIpc) is 2.48. The van der Waals surface area contributed by atoms with Crippen molar-refractivity contribution in [3.05, 3.63) is 36.5 Å². The smallest absolute Gasteiger partial charge is 0.141 e. The van der Waals surface area contributed by atoms with Crippen molar-refractivity contribution in [2.45, 2.75) is 5.54 Å². The fraction of sp³-hybridized carbons (Fsp3) is 0.308. The number of fused-ring (bicyclic) bond motifs is 1. The second kappa shape index (κ2) is 8.96. The predicted octanol–water partition coefficient (Wildman–Crippen LogP) is -0.780. The third kappa shape index (κ3) is 5.12. The van der Waals surface area contributed by atoms with Gasteiger partial charge in [-0.3, -0.25) is 4.98 Å². The van der Waals surface area contributed by atoms with Gasteiger partial charge in [0.2, 0.25) is 0 Å². The van der Waals surface area contributed by atoms with Crippen molar-refractivity contribution in [3.63, 3.8) is 0 Å². The van der Waals surface area contributed by atoms with E-state index < -0.39 is 25.4 Å². The molecule has 0 unspecified atom stereocenters. The molecule has 1 aromatic heterocycles. The third-order valence-electron chi connectivity index (χ3n) is 2.56. The Morgan fingerprint density at radius 2 is 1.55 bits per heavy atom. The van der Waals surface area contributed by atoms with E-state index in [0.29, 0.717) is 5.52 Å². The number of aromatic nitrogens is 1. The molecular weight excluding hydrogens is 318 g/mol. The predicted molar refractivity (Wildman–Crippen MR) is 77.3 cm³/mol. The standard InChI is InChI=1S/C9H7NO.C4H11NO3.Ga/c11-8-5-1-3-7-4-2-6-10-9(7)8;5-4(1-6,2-7)3-8;/h1-6,11H;6-8H,1-3,5H2;. The topological polar surface area (TPSA) is 120 Å². The summed E-state index contributed by atoms with van der Waals surface area (Å²) in [6.45, 7) is -1.21. The molecule has 6 nitrogen and oxygen atoms in total. The third-order valence-corrected chi connectivity index (χ3v) is 2.56. The minimum absolute atomic E-state index is 0. The second-order valence-corrected chi connectivity index (χ2v) is 4.19. The van der Waals surface area contributed by atoms with Gasteiger partial charge in [-0.15, -0.1) is 0 Å². The van der Waals surface area contributed by atoms with Crippen molar-refractivity contribution in [1.29, 1.82) is 0 Å². The fourth-order valence-electron chi connectivity index (χ4n) is 1.24. The number of aliphatic hydroxyl groups excluding tert-OH is 3. The molecular formula is C13H18GaN2O4. The van der Waals surface area contributed by atoms with Crippen LogP contribution in [-0.2, 0) is 0 Å². The molecule has 0 bridgehead atoms. The first-order valence-corrected chi connectivity index (χ1v) is 5.70. The van der Waals surface area contributed by atoms with Crippen LogP contribution in [0.3, 0.4) is 0 Å². The van der Waals surface area contributed by atoms with Crippen molar-refractivity contribution in [2.24, 2.45) is 5.73 Å². The Morgan fingerprint density at radius 1 is 1.00 bits per heavy atom. The molecule has 2 rings (SSSR count). The molecule has 0 atom stereocenters. The Balaban J connectivity index is 0.000000364. The molecule has 2 aromatic rings. The molecule has 0 fully saturated rings. The summed E-state index contributed by atoms with van der Waals surface area (Å²) < 4.78 is 0. The van der Waals surface area contributed by atoms with Gasteiger partial charge >= 0.3 is 0 Å². The number of phenols is 1. The van der Waals surface area contributed by atoms with Gasteiger partial charge in [0.05, 0.1) is 25.4 Å². The number of nitrogens with two attached hydrogens (primary N) is 1. The van der Waals surface area contributed by atoms with E-state index in [1.807, 2.05) is 18.2 Å². The van der Waals surface area contributed by atoms with Crippen LogP contribution < -0.4 is 5.73 Å². The van der Waals surface area contributed by atoms with E-state index in [-0.39, 0.29) is 25.5 Å². The van der Waals surface area contributed by atoms with E-state index in [1.165, 1.54) is 0 Å². The molecule has 107 valence electrons. The maximum Gasteiger partial charge on any atom is 0.141 e. The molecule has 0 saturated carbocycles. The van der Waals surface area contributed by atoms with Crippen LogP contribution >= 0.6 is 0 Å². The number of pyridine rings is 1. The van der Waals surface area contributed by atoms with Crippen molar-refractivity contribution < 1.29 is 20.4 Å². The van der Waals surface area contributed by atoms with E-state index in [0.717, 1.165) is 5.39 Å². The zero-order valence-corrected chi connectivity index (χ0v) is 13.4. The number of phenolic OH excluding ortho intramolecular Hbond substituents is 1. The van der Waals surface area contributed by atoms with Crippen molar-refractivity contribution >= 4 is 30.7 Å². The number of hydrogen-bond donors (Lipinski definition) is 5. The van der Waals surface area contributed by atoms with Crippen LogP contribution in [-0.4, -0.2) is 70.6 Å². The molecule has 3 radical (unpaired) electrons. The Hall–Kier alpha value is -1.09. The first-order chi connectivity index (χ1) is 9.06. The minimum atomic E-state index is -1.21. The van der Waals surface area contributed by atoms with Gasteiger partial charge in [-0.05, 0) is 12.1 Å². The van der Waals surface area contributed by atoms with Crippen LogP contribution in [0.4, 0.5) is 0 Å². The van der Waals surface area contributed by atoms with E-state index in [9.17, 15) is 5.11 Å². The van der Waals surface area contributed by atoms with Gasteiger partial charge in [0.25, 0.3) is 0 Å². The number of rotatable bonds is 3.